The van der Waals surface area contributed by atoms with Crippen molar-refractivity contribution >= 4 is 17.6 Å². The van der Waals surface area contributed by atoms with Gasteiger partial charge in [0.2, 0.25) is 5.91 Å². The lowest BCUT2D eigenvalue weighted by Gasteiger charge is -2.29. The molecule has 2 aromatic carbocycles. The van der Waals surface area contributed by atoms with Gasteiger partial charge in [-0.05, 0) is 66.6 Å². The van der Waals surface area contributed by atoms with E-state index in [0.717, 1.165) is 17.7 Å². The molecule has 0 bridgehead atoms. The third kappa shape index (κ3) is 5.01. The Bertz CT molecular complexity index is 1200. The molecule has 0 fully saturated rings. The molecule has 3 aromatic rings. The highest BCUT2D eigenvalue weighted by molar-refractivity contribution is 5.92. The number of nitrogens with zero attached hydrogens (tertiary/aromatic N) is 2. The Morgan fingerprint density at radius 1 is 1.09 bits per heavy atom. The van der Waals surface area contributed by atoms with Crippen LogP contribution in [0, 0.1) is 6.92 Å². The van der Waals surface area contributed by atoms with Crippen molar-refractivity contribution in [1.82, 2.24) is 9.88 Å². The molecule has 178 valence electrons. The monoisotopic (exact) mass is 459 g/mol. The minimum Gasteiger partial charge on any atom is -0.462 e. The number of fused-ring (bicyclic) bond motifs is 1. The molecule has 0 saturated heterocycles. The topological polar surface area (TPSA) is 65.6 Å². The number of ether oxygens (including phenoxy) is 1. The number of benzene rings is 2. The summed E-state index contributed by atoms with van der Waals surface area (Å²) in [5.74, 6) is -0.218. The van der Waals surface area contributed by atoms with Gasteiger partial charge >= 0.3 is 5.97 Å². The van der Waals surface area contributed by atoms with Crippen molar-refractivity contribution in [2.45, 2.75) is 39.7 Å². The Hall–Kier alpha value is -3.54. The highest BCUT2D eigenvalue weighted by Gasteiger charge is 2.23. The lowest BCUT2D eigenvalue weighted by molar-refractivity contribution is -0.132. The molecule has 0 radical (unpaired) electrons. The van der Waals surface area contributed by atoms with Crippen LogP contribution < -0.4 is 4.90 Å². The summed E-state index contributed by atoms with van der Waals surface area (Å²) < 4.78 is 5.17. The first-order valence-electron chi connectivity index (χ1n) is 11.9. The number of aromatic amines is 1. The van der Waals surface area contributed by atoms with Crippen LogP contribution in [0.5, 0.6) is 0 Å². The number of esters is 1. The van der Waals surface area contributed by atoms with E-state index in [2.05, 4.69) is 52.3 Å². The molecule has 0 atom stereocenters. The number of aryl methyl sites for hydroxylation is 2. The maximum Gasteiger partial charge on any atom is 0.340 e. The van der Waals surface area contributed by atoms with E-state index < -0.39 is 0 Å². The Balaban J connectivity index is 1.42. The molecule has 1 aliphatic rings. The molecule has 0 aliphatic carbocycles. The average molecular weight is 460 g/mol. The molecule has 6 nitrogen and oxygen atoms in total. The number of nitrogens with one attached hydrogen (secondary N) is 1. The third-order valence-corrected chi connectivity index (χ3v) is 6.51. The van der Waals surface area contributed by atoms with Gasteiger partial charge in [-0.15, -0.1) is 0 Å². The maximum atomic E-state index is 13.0. The zero-order valence-electron chi connectivity index (χ0n) is 20.5. The van der Waals surface area contributed by atoms with E-state index in [1.54, 1.807) is 6.92 Å². The van der Waals surface area contributed by atoms with Crippen molar-refractivity contribution in [2.24, 2.45) is 0 Å². The molecule has 0 saturated carbocycles. The van der Waals surface area contributed by atoms with E-state index in [1.807, 2.05) is 32.1 Å². The van der Waals surface area contributed by atoms with Gasteiger partial charge in [-0.2, -0.15) is 0 Å². The summed E-state index contributed by atoms with van der Waals surface area (Å²) in [5.41, 5.74) is 8.27. The first-order chi connectivity index (χ1) is 16.4. The normalized spacial score (nSPS) is 12.9. The number of amides is 1. The third-order valence-electron chi connectivity index (χ3n) is 6.51. The molecule has 0 spiro atoms. The predicted molar refractivity (Wildman–Crippen MR) is 135 cm³/mol. The van der Waals surface area contributed by atoms with Crippen molar-refractivity contribution in [3.63, 3.8) is 0 Å². The number of aromatic nitrogens is 1. The molecule has 6 heteroatoms. The van der Waals surface area contributed by atoms with Crippen molar-refractivity contribution in [3.8, 4) is 11.1 Å². The highest BCUT2D eigenvalue weighted by atomic mass is 16.5. The number of hydrogen-bond acceptors (Lipinski definition) is 4. The van der Waals surface area contributed by atoms with Crippen molar-refractivity contribution < 1.29 is 14.3 Å². The number of anilines is 1. The van der Waals surface area contributed by atoms with Gasteiger partial charge in [0.05, 0.1) is 12.2 Å². The minimum absolute atomic E-state index is 0.113. The van der Waals surface area contributed by atoms with Crippen molar-refractivity contribution in [2.75, 3.05) is 32.1 Å². The van der Waals surface area contributed by atoms with Gasteiger partial charge in [0, 0.05) is 51.2 Å². The van der Waals surface area contributed by atoms with Crippen LogP contribution >= 0.6 is 0 Å². The van der Waals surface area contributed by atoms with E-state index in [0.29, 0.717) is 38.1 Å². The fourth-order valence-corrected chi connectivity index (χ4v) is 4.57. The van der Waals surface area contributed by atoms with Crippen molar-refractivity contribution in [1.29, 1.82) is 0 Å². The second kappa shape index (κ2) is 10.2. The van der Waals surface area contributed by atoms with Gasteiger partial charge in [-0.25, -0.2) is 4.79 Å². The number of H-pyrrole nitrogens is 1. The number of carbonyl (C=O) groups is 2. The van der Waals surface area contributed by atoms with Gasteiger partial charge in [0.1, 0.15) is 0 Å². The quantitative estimate of drug-likeness (QED) is 0.518. The molecule has 0 unspecified atom stereocenters. The second-order valence-corrected chi connectivity index (χ2v) is 9.03. The Labute approximate surface area is 201 Å². The molecule has 2 heterocycles. The molecular weight excluding hydrogens is 426 g/mol. The van der Waals surface area contributed by atoms with Gasteiger partial charge < -0.3 is 19.5 Å². The summed E-state index contributed by atoms with van der Waals surface area (Å²) in [7, 11) is 4.10. The van der Waals surface area contributed by atoms with Gasteiger partial charge in [-0.3, -0.25) is 4.79 Å². The van der Waals surface area contributed by atoms with Crippen molar-refractivity contribution in [3.05, 3.63) is 76.6 Å². The Morgan fingerprint density at radius 2 is 1.88 bits per heavy atom. The lowest BCUT2D eigenvalue weighted by atomic mass is 9.94. The van der Waals surface area contributed by atoms with Crippen LogP contribution in [0.15, 0.2) is 48.7 Å². The lowest BCUT2D eigenvalue weighted by Crippen LogP contribution is -2.36. The van der Waals surface area contributed by atoms with Crippen LogP contribution in [0.25, 0.3) is 11.1 Å². The van der Waals surface area contributed by atoms with Crippen LogP contribution in [0.3, 0.4) is 0 Å². The minimum atomic E-state index is -0.331. The molecular formula is C28H33N3O3. The Morgan fingerprint density at radius 3 is 2.65 bits per heavy atom. The molecule has 1 aromatic heterocycles. The predicted octanol–water partition coefficient (Wildman–Crippen LogP) is 4.75. The van der Waals surface area contributed by atoms with Crippen LogP contribution in [0.2, 0.25) is 0 Å². The summed E-state index contributed by atoms with van der Waals surface area (Å²) in [6.45, 7) is 5.32. The SMILES string of the molecule is CCOC(=O)c1c(CCC(=O)N2CCc3cc(-c4cccc(N(C)C)c4)ccc3C2)c[nH]c1C. The number of hydrogen-bond donors (Lipinski definition) is 1. The fourth-order valence-electron chi connectivity index (χ4n) is 4.57. The van der Waals surface area contributed by atoms with Crippen LogP contribution in [-0.2, 0) is 28.9 Å². The van der Waals surface area contributed by atoms with E-state index in [1.165, 1.54) is 27.9 Å². The molecule has 1 N–H and O–H groups in total. The van der Waals surface area contributed by atoms with E-state index in [9.17, 15) is 9.59 Å². The zero-order valence-corrected chi connectivity index (χ0v) is 20.5. The first-order valence-corrected chi connectivity index (χ1v) is 11.9. The smallest absolute Gasteiger partial charge is 0.340 e. The maximum absolute atomic E-state index is 13.0. The summed E-state index contributed by atoms with van der Waals surface area (Å²) in [4.78, 5) is 32.4. The second-order valence-electron chi connectivity index (χ2n) is 9.03. The summed E-state index contributed by atoms with van der Waals surface area (Å²) in [6, 6.07) is 15.1. The first kappa shape index (κ1) is 23.6. The Kier molecular flexibility index (Phi) is 7.06. The van der Waals surface area contributed by atoms with Crippen LogP contribution in [0.1, 0.15) is 46.1 Å². The fraction of sp³-hybridized carbons (Fsp3) is 0.357. The summed E-state index contributed by atoms with van der Waals surface area (Å²) >= 11 is 0. The average Bonchev–Trinajstić information content (AvgIpc) is 3.22. The van der Waals surface area contributed by atoms with Gasteiger partial charge in [-0.1, -0.05) is 30.3 Å². The van der Waals surface area contributed by atoms with Gasteiger partial charge in [0.25, 0.3) is 0 Å². The van der Waals surface area contributed by atoms with Gasteiger partial charge in [0.15, 0.2) is 0 Å². The van der Waals surface area contributed by atoms with E-state index >= 15 is 0 Å². The number of rotatable bonds is 7. The molecule has 4 rings (SSSR count). The zero-order chi connectivity index (χ0) is 24.2. The van der Waals surface area contributed by atoms with E-state index in [-0.39, 0.29) is 11.9 Å². The number of carbonyl (C=O) groups excluding carboxylic acids is 2. The van der Waals surface area contributed by atoms with Crippen LogP contribution in [-0.4, -0.2) is 49.0 Å². The highest BCUT2D eigenvalue weighted by Crippen LogP contribution is 2.29. The van der Waals surface area contributed by atoms with E-state index in [4.69, 9.17) is 4.74 Å². The standard InChI is InChI=1S/C28H33N3O3/c1-5-34-28(33)27-19(2)29-17-23(27)11-12-26(32)31-14-13-22-15-21(9-10-24(22)18-31)20-7-6-8-25(16-20)30(3)4/h6-10,15-17,29H,5,11-14,18H2,1-4H3. The summed E-state index contributed by atoms with van der Waals surface area (Å²) in [6.07, 6.45) is 3.54. The molecule has 34 heavy (non-hydrogen) atoms. The summed E-state index contributed by atoms with van der Waals surface area (Å²) in [5, 5.41) is 0. The largest absolute Gasteiger partial charge is 0.462 e. The molecule has 1 aliphatic heterocycles. The molecule has 1 amide bonds. The van der Waals surface area contributed by atoms with Crippen LogP contribution in [0.4, 0.5) is 5.69 Å².